The van der Waals surface area contributed by atoms with Gasteiger partial charge in [-0.2, -0.15) is 0 Å². The van der Waals surface area contributed by atoms with Gasteiger partial charge in [-0.15, -0.1) is 11.3 Å². The van der Waals surface area contributed by atoms with Crippen LogP contribution in [0, 0.1) is 0 Å². The van der Waals surface area contributed by atoms with Gasteiger partial charge in [0.2, 0.25) is 0 Å². The fourth-order valence-corrected chi connectivity index (χ4v) is 6.24. The number of aromatic amines is 1. The summed E-state index contributed by atoms with van der Waals surface area (Å²) in [5, 5.41) is 16.4. The number of amides is 1. The number of H-pyrrole nitrogens is 1. The molecule has 2 aromatic carbocycles. The fraction of sp³-hybridized carbons (Fsp3) is 0.233. The van der Waals surface area contributed by atoms with E-state index in [4.69, 9.17) is 9.47 Å². The van der Waals surface area contributed by atoms with Crippen molar-refractivity contribution in [3.63, 3.8) is 0 Å². The predicted octanol–water partition coefficient (Wildman–Crippen LogP) is 5.27. The summed E-state index contributed by atoms with van der Waals surface area (Å²) >= 11 is 1.61. The first-order valence-electron chi connectivity index (χ1n) is 12.6. The third-order valence-electron chi connectivity index (χ3n) is 7.28. The molecule has 5 aromatic rings. The van der Waals surface area contributed by atoms with Crippen LogP contribution in [0.2, 0.25) is 0 Å². The molecule has 194 valence electrons. The lowest BCUT2D eigenvalue weighted by Gasteiger charge is -2.23. The van der Waals surface area contributed by atoms with Gasteiger partial charge < -0.3 is 29.4 Å². The number of benzene rings is 2. The van der Waals surface area contributed by atoms with Crippen molar-refractivity contribution >= 4 is 28.1 Å². The quantitative estimate of drug-likeness (QED) is 0.257. The Morgan fingerprint density at radius 2 is 1.95 bits per heavy atom. The summed E-state index contributed by atoms with van der Waals surface area (Å²) < 4.78 is 13.3. The second-order valence-electron chi connectivity index (χ2n) is 9.45. The van der Waals surface area contributed by atoms with Crippen LogP contribution in [0.4, 0.5) is 0 Å². The average Bonchev–Trinajstić information content (AvgIpc) is 3.70. The number of nitrogens with zero attached hydrogens (tertiary/aromatic N) is 1. The van der Waals surface area contributed by atoms with Crippen LogP contribution in [0.15, 0.2) is 66.2 Å². The van der Waals surface area contributed by atoms with E-state index in [0.717, 1.165) is 56.8 Å². The first kappa shape index (κ1) is 24.3. The van der Waals surface area contributed by atoms with E-state index in [0.29, 0.717) is 23.5 Å². The highest BCUT2D eigenvalue weighted by Gasteiger charge is 2.29. The van der Waals surface area contributed by atoms with Crippen LogP contribution >= 0.6 is 11.3 Å². The monoisotopic (exact) mass is 527 g/mol. The van der Waals surface area contributed by atoms with E-state index in [1.807, 2.05) is 60.1 Å². The highest BCUT2D eigenvalue weighted by molar-refractivity contribution is 7.13. The molecule has 1 aliphatic heterocycles. The van der Waals surface area contributed by atoms with E-state index in [-0.39, 0.29) is 12.5 Å². The van der Waals surface area contributed by atoms with Crippen molar-refractivity contribution in [2.24, 2.45) is 0 Å². The Morgan fingerprint density at radius 3 is 2.71 bits per heavy atom. The standard InChI is InChI=1S/C30H29N3O4S/c1-36-26-13-18-9-10-33-25(22(18)15-27(26)37-2)14-23(29(33)28-8-5-11-38-28)30(35)32-20(17-34)12-19-16-31-24-7-4-3-6-21(19)24/h3-8,11,13-16,20,31,34H,9-10,12,17H2,1-2H3,(H,32,35)/t20-/m1/s1. The van der Waals surface area contributed by atoms with Crippen molar-refractivity contribution in [2.75, 3.05) is 20.8 Å². The average molecular weight is 528 g/mol. The number of ether oxygens (including phenoxy) is 2. The van der Waals surface area contributed by atoms with Crippen molar-refractivity contribution in [3.8, 4) is 33.3 Å². The Bertz CT molecular complexity index is 1620. The van der Waals surface area contributed by atoms with Crippen LogP contribution in [0.3, 0.4) is 0 Å². The fourth-order valence-electron chi connectivity index (χ4n) is 5.45. The number of nitrogens with one attached hydrogen (secondary N) is 2. The molecular formula is C30H29N3O4S. The molecule has 1 amide bonds. The van der Waals surface area contributed by atoms with Gasteiger partial charge in [-0.3, -0.25) is 4.79 Å². The third-order valence-corrected chi connectivity index (χ3v) is 8.16. The maximum atomic E-state index is 13.8. The zero-order valence-corrected chi connectivity index (χ0v) is 22.1. The Morgan fingerprint density at radius 1 is 1.13 bits per heavy atom. The Kier molecular flexibility index (Phi) is 6.43. The zero-order valence-electron chi connectivity index (χ0n) is 21.3. The van der Waals surface area contributed by atoms with E-state index in [1.165, 1.54) is 0 Å². The summed E-state index contributed by atoms with van der Waals surface area (Å²) in [4.78, 5) is 18.1. The molecule has 0 spiro atoms. The summed E-state index contributed by atoms with van der Waals surface area (Å²) in [6, 6.07) is 17.7. The molecule has 7 nitrogen and oxygen atoms in total. The lowest BCUT2D eigenvalue weighted by molar-refractivity contribution is 0.0917. The number of aliphatic hydroxyl groups is 1. The summed E-state index contributed by atoms with van der Waals surface area (Å²) in [6.07, 6.45) is 3.29. The largest absolute Gasteiger partial charge is 0.493 e. The number of para-hydroxylation sites is 1. The molecule has 0 unspecified atom stereocenters. The summed E-state index contributed by atoms with van der Waals surface area (Å²) in [6.45, 7) is 0.587. The number of carbonyl (C=O) groups is 1. The van der Waals surface area contributed by atoms with Crippen LogP contribution in [0.1, 0.15) is 21.5 Å². The number of hydrogen-bond acceptors (Lipinski definition) is 5. The van der Waals surface area contributed by atoms with E-state index >= 15 is 0 Å². The smallest absolute Gasteiger partial charge is 0.253 e. The molecule has 1 atom stereocenters. The lowest BCUT2D eigenvalue weighted by atomic mass is 9.97. The number of hydrogen-bond donors (Lipinski definition) is 3. The molecule has 3 aromatic heterocycles. The summed E-state index contributed by atoms with van der Waals surface area (Å²) in [5.74, 6) is 1.16. The first-order chi connectivity index (χ1) is 18.6. The van der Waals surface area contributed by atoms with Gasteiger partial charge in [0.05, 0.1) is 43.0 Å². The number of thiophene rings is 1. The normalized spacial score (nSPS) is 13.1. The van der Waals surface area contributed by atoms with Crippen LogP contribution in [0.5, 0.6) is 11.5 Å². The Balaban J connectivity index is 1.37. The maximum Gasteiger partial charge on any atom is 0.253 e. The van der Waals surface area contributed by atoms with Crippen LogP contribution in [-0.4, -0.2) is 47.4 Å². The molecule has 0 radical (unpaired) electrons. The second-order valence-corrected chi connectivity index (χ2v) is 10.4. The molecule has 3 N–H and O–H groups in total. The molecule has 0 saturated heterocycles. The zero-order chi connectivity index (χ0) is 26.2. The minimum absolute atomic E-state index is 0.160. The summed E-state index contributed by atoms with van der Waals surface area (Å²) in [7, 11) is 3.27. The third kappa shape index (κ3) is 4.15. The molecule has 6 rings (SSSR count). The lowest BCUT2D eigenvalue weighted by Crippen LogP contribution is -2.39. The molecular weight excluding hydrogens is 498 g/mol. The van der Waals surface area contributed by atoms with Crippen LogP contribution < -0.4 is 14.8 Å². The number of aryl methyl sites for hydroxylation is 1. The van der Waals surface area contributed by atoms with E-state index in [1.54, 1.807) is 25.6 Å². The Labute approximate surface area is 224 Å². The number of aliphatic hydroxyl groups excluding tert-OH is 1. The molecule has 0 bridgehead atoms. The van der Waals surface area contributed by atoms with Crippen molar-refractivity contribution in [1.82, 2.24) is 14.9 Å². The van der Waals surface area contributed by atoms with Gasteiger partial charge in [-0.25, -0.2) is 0 Å². The molecule has 1 aliphatic rings. The van der Waals surface area contributed by atoms with Crippen molar-refractivity contribution < 1.29 is 19.4 Å². The molecule has 0 fully saturated rings. The molecule has 0 saturated carbocycles. The number of rotatable bonds is 8. The van der Waals surface area contributed by atoms with E-state index < -0.39 is 6.04 Å². The minimum atomic E-state index is -0.425. The van der Waals surface area contributed by atoms with Gasteiger partial charge in [0.25, 0.3) is 5.91 Å². The highest BCUT2D eigenvalue weighted by atomic mass is 32.1. The van der Waals surface area contributed by atoms with Crippen molar-refractivity contribution in [3.05, 3.63) is 82.9 Å². The molecule has 8 heteroatoms. The Hall–Kier alpha value is -4.01. The van der Waals surface area contributed by atoms with Gasteiger partial charge in [0, 0.05) is 34.9 Å². The first-order valence-corrected chi connectivity index (χ1v) is 13.5. The second kappa shape index (κ2) is 10.0. The van der Waals surface area contributed by atoms with Crippen LogP contribution in [-0.2, 0) is 19.4 Å². The van der Waals surface area contributed by atoms with Gasteiger partial charge in [0.15, 0.2) is 11.5 Å². The number of carbonyl (C=O) groups excluding carboxylic acids is 1. The van der Waals surface area contributed by atoms with Crippen molar-refractivity contribution in [2.45, 2.75) is 25.4 Å². The van der Waals surface area contributed by atoms with Gasteiger partial charge in [0.1, 0.15) is 0 Å². The topological polar surface area (TPSA) is 88.5 Å². The van der Waals surface area contributed by atoms with Crippen LogP contribution in [0.25, 0.3) is 32.7 Å². The molecule has 0 aliphatic carbocycles. The highest BCUT2D eigenvalue weighted by Crippen LogP contribution is 2.43. The number of methoxy groups -OCH3 is 2. The van der Waals surface area contributed by atoms with E-state index in [2.05, 4.69) is 20.9 Å². The number of fused-ring (bicyclic) bond motifs is 4. The number of aromatic nitrogens is 2. The van der Waals surface area contributed by atoms with Gasteiger partial charge in [-0.05, 0) is 59.7 Å². The summed E-state index contributed by atoms with van der Waals surface area (Å²) in [5.41, 5.74) is 6.76. The predicted molar refractivity (Wildman–Crippen MR) is 150 cm³/mol. The minimum Gasteiger partial charge on any atom is -0.493 e. The van der Waals surface area contributed by atoms with Gasteiger partial charge >= 0.3 is 0 Å². The molecule has 38 heavy (non-hydrogen) atoms. The van der Waals surface area contributed by atoms with E-state index in [9.17, 15) is 9.90 Å². The van der Waals surface area contributed by atoms with Gasteiger partial charge in [-0.1, -0.05) is 24.3 Å². The van der Waals surface area contributed by atoms with Crippen molar-refractivity contribution in [1.29, 1.82) is 0 Å². The molecule has 4 heterocycles. The SMILES string of the molecule is COc1cc2c(cc1OC)-c1cc(C(=O)N[C@@H](CO)Cc3c[nH]c4ccccc34)c(-c3cccs3)n1CC2. The maximum absolute atomic E-state index is 13.8.